The van der Waals surface area contributed by atoms with Crippen LogP contribution in [0.5, 0.6) is 0 Å². The van der Waals surface area contributed by atoms with Crippen LogP contribution in [0.1, 0.15) is 37.0 Å². The molecule has 2 aromatic rings. The minimum atomic E-state index is -3.66. The van der Waals surface area contributed by atoms with Crippen molar-refractivity contribution in [3.63, 3.8) is 0 Å². The highest BCUT2D eigenvalue weighted by molar-refractivity contribution is 7.90. The van der Waals surface area contributed by atoms with Crippen LogP contribution < -0.4 is 5.32 Å². The van der Waals surface area contributed by atoms with E-state index in [2.05, 4.69) is 15.3 Å². The van der Waals surface area contributed by atoms with E-state index in [4.69, 9.17) is 11.6 Å². The molecule has 6 nitrogen and oxygen atoms in total. The van der Waals surface area contributed by atoms with Crippen molar-refractivity contribution in [2.24, 2.45) is 0 Å². The maximum atomic E-state index is 12.0. The number of aldehydes is 1. The zero-order chi connectivity index (χ0) is 18.6. The fourth-order valence-corrected chi connectivity index (χ4v) is 3.12. The molecule has 0 fully saturated rings. The number of nitrogens with zero attached hydrogens (tertiary/aromatic N) is 2. The monoisotopic (exact) mass is 381 g/mol. The normalized spacial score (nSPS) is 11.6. The van der Waals surface area contributed by atoms with E-state index in [0.29, 0.717) is 16.9 Å². The van der Waals surface area contributed by atoms with Crippen LogP contribution in [0, 0.1) is 0 Å². The number of sulfone groups is 1. The van der Waals surface area contributed by atoms with Gasteiger partial charge in [0.15, 0.2) is 6.29 Å². The van der Waals surface area contributed by atoms with E-state index in [-0.39, 0.29) is 28.3 Å². The number of halogens is 1. The van der Waals surface area contributed by atoms with Gasteiger partial charge in [0.2, 0.25) is 15.0 Å². The van der Waals surface area contributed by atoms with Crippen LogP contribution in [0.2, 0.25) is 5.02 Å². The number of benzene rings is 1. The Kier molecular flexibility index (Phi) is 6.13. The number of aromatic nitrogens is 2. The van der Waals surface area contributed by atoms with E-state index in [9.17, 15) is 13.2 Å². The van der Waals surface area contributed by atoms with Gasteiger partial charge in [0, 0.05) is 22.9 Å². The molecule has 1 N–H and O–H groups in total. The molecule has 0 saturated carbocycles. The third-order valence-corrected chi connectivity index (χ3v) is 5.01. The average molecular weight is 382 g/mol. The second kappa shape index (κ2) is 7.93. The van der Waals surface area contributed by atoms with E-state index in [1.807, 2.05) is 13.8 Å². The van der Waals surface area contributed by atoms with Crippen LogP contribution in [0.25, 0.3) is 11.3 Å². The summed E-state index contributed by atoms with van der Waals surface area (Å²) in [6.45, 7) is 3.99. The molecule has 0 aliphatic rings. The van der Waals surface area contributed by atoms with E-state index in [0.717, 1.165) is 19.1 Å². The van der Waals surface area contributed by atoms with E-state index in [1.54, 1.807) is 24.3 Å². The molecular formula is C17H20ClN3O3S. The molecule has 0 saturated heterocycles. The molecule has 1 aromatic carbocycles. The van der Waals surface area contributed by atoms with Crippen molar-refractivity contribution in [2.45, 2.75) is 37.9 Å². The predicted molar refractivity (Wildman–Crippen MR) is 99.0 cm³/mol. The summed E-state index contributed by atoms with van der Waals surface area (Å²) in [7, 11) is -3.66. The number of nitrogens with one attached hydrogen (secondary N) is 1. The number of carbonyl (C=O) groups excluding carboxylic acids is 1. The van der Waals surface area contributed by atoms with Crippen LogP contribution in [0.15, 0.2) is 29.4 Å². The maximum absolute atomic E-state index is 12.0. The van der Waals surface area contributed by atoms with Crippen molar-refractivity contribution in [2.75, 3.05) is 11.6 Å². The van der Waals surface area contributed by atoms with Crippen molar-refractivity contribution in [3.05, 3.63) is 34.9 Å². The van der Waals surface area contributed by atoms with Crippen molar-refractivity contribution in [3.8, 4) is 11.3 Å². The smallest absolute Gasteiger partial charge is 0.249 e. The number of hydrogen-bond acceptors (Lipinski definition) is 6. The molecule has 0 spiro atoms. The fourth-order valence-electron chi connectivity index (χ4n) is 2.38. The van der Waals surface area contributed by atoms with Gasteiger partial charge in [-0.1, -0.05) is 43.6 Å². The highest BCUT2D eigenvalue weighted by Gasteiger charge is 2.22. The molecule has 25 heavy (non-hydrogen) atoms. The zero-order valence-corrected chi connectivity index (χ0v) is 15.9. The summed E-state index contributed by atoms with van der Waals surface area (Å²) in [5.41, 5.74) is 0.864. The predicted octanol–water partition coefficient (Wildman–Crippen LogP) is 3.61. The van der Waals surface area contributed by atoms with Gasteiger partial charge < -0.3 is 5.32 Å². The van der Waals surface area contributed by atoms with Gasteiger partial charge in [-0.3, -0.25) is 4.79 Å². The summed E-state index contributed by atoms with van der Waals surface area (Å²) in [5, 5.41) is 3.18. The van der Waals surface area contributed by atoms with Gasteiger partial charge in [-0.05, 0) is 18.9 Å². The molecule has 134 valence electrons. The Morgan fingerprint density at radius 1 is 1.20 bits per heavy atom. The molecule has 1 heterocycles. The third kappa shape index (κ3) is 4.35. The Bertz CT molecular complexity index is 881. The van der Waals surface area contributed by atoms with E-state index >= 15 is 0 Å². The highest BCUT2D eigenvalue weighted by Crippen LogP contribution is 2.32. The fraction of sp³-hybridized carbons (Fsp3) is 0.353. The Morgan fingerprint density at radius 3 is 2.36 bits per heavy atom. The van der Waals surface area contributed by atoms with Gasteiger partial charge in [0.1, 0.15) is 5.82 Å². The number of carbonyl (C=O) groups is 1. The summed E-state index contributed by atoms with van der Waals surface area (Å²) < 4.78 is 24.0. The van der Waals surface area contributed by atoms with E-state index < -0.39 is 9.84 Å². The lowest BCUT2D eigenvalue weighted by molar-refractivity contribution is 0.112. The zero-order valence-electron chi connectivity index (χ0n) is 14.3. The molecule has 1 aromatic heterocycles. The molecule has 8 heteroatoms. The van der Waals surface area contributed by atoms with Gasteiger partial charge in [-0.2, -0.15) is 0 Å². The van der Waals surface area contributed by atoms with Crippen molar-refractivity contribution in [1.29, 1.82) is 0 Å². The number of anilines is 1. The lowest BCUT2D eigenvalue weighted by Crippen LogP contribution is -2.21. The first-order valence-corrected chi connectivity index (χ1v) is 10.2. The molecular weight excluding hydrogens is 362 g/mol. The summed E-state index contributed by atoms with van der Waals surface area (Å²) in [5.74, 6) is 0.203. The summed E-state index contributed by atoms with van der Waals surface area (Å²) in [4.78, 5) is 19.9. The Balaban J connectivity index is 2.77. The standard InChI is InChI=1S/C17H20ClN3O3S/c1-4-11(5-2)19-16-13(10-22)15(12-8-6-7-9-14(12)18)20-17(21-16)25(3,23)24/h6-11H,4-5H2,1-3H3,(H,19,20,21). The van der Waals surface area contributed by atoms with Gasteiger partial charge in [0.05, 0.1) is 11.3 Å². The van der Waals surface area contributed by atoms with Gasteiger partial charge in [0.25, 0.3) is 0 Å². The molecule has 0 amide bonds. The summed E-state index contributed by atoms with van der Waals surface area (Å²) in [6, 6.07) is 6.88. The topological polar surface area (TPSA) is 89.0 Å². The second-order valence-electron chi connectivity index (χ2n) is 5.64. The minimum Gasteiger partial charge on any atom is -0.367 e. The summed E-state index contributed by atoms with van der Waals surface area (Å²) in [6.07, 6.45) is 3.25. The van der Waals surface area contributed by atoms with Crippen LogP contribution in [0.4, 0.5) is 5.82 Å². The SMILES string of the molecule is CCC(CC)Nc1nc(S(C)(=O)=O)nc(-c2ccccc2Cl)c1C=O. The van der Waals surface area contributed by atoms with Crippen molar-refractivity contribution in [1.82, 2.24) is 9.97 Å². The molecule has 0 aliphatic heterocycles. The Labute approximate surface area is 152 Å². The second-order valence-corrected chi connectivity index (χ2v) is 7.96. The highest BCUT2D eigenvalue weighted by atomic mass is 35.5. The maximum Gasteiger partial charge on any atom is 0.249 e. The van der Waals surface area contributed by atoms with Crippen molar-refractivity contribution < 1.29 is 13.2 Å². The summed E-state index contributed by atoms with van der Waals surface area (Å²) >= 11 is 6.22. The third-order valence-electron chi connectivity index (χ3n) is 3.83. The average Bonchev–Trinajstić information content (AvgIpc) is 2.58. The van der Waals surface area contributed by atoms with Crippen LogP contribution in [-0.4, -0.2) is 37.0 Å². The molecule has 0 unspecified atom stereocenters. The van der Waals surface area contributed by atoms with Crippen LogP contribution in [0.3, 0.4) is 0 Å². The quantitative estimate of drug-likeness (QED) is 0.582. The Hall–Kier alpha value is -1.99. The molecule has 0 bridgehead atoms. The first-order chi connectivity index (χ1) is 11.8. The first-order valence-electron chi connectivity index (χ1n) is 7.90. The van der Waals surface area contributed by atoms with Gasteiger partial charge in [-0.25, -0.2) is 18.4 Å². The van der Waals surface area contributed by atoms with Gasteiger partial charge in [-0.15, -0.1) is 0 Å². The lowest BCUT2D eigenvalue weighted by atomic mass is 10.1. The molecule has 0 aliphatic carbocycles. The largest absolute Gasteiger partial charge is 0.367 e. The van der Waals surface area contributed by atoms with E-state index in [1.165, 1.54) is 0 Å². The van der Waals surface area contributed by atoms with Crippen LogP contribution >= 0.6 is 11.6 Å². The minimum absolute atomic E-state index is 0.0557. The molecule has 0 radical (unpaired) electrons. The lowest BCUT2D eigenvalue weighted by Gasteiger charge is -2.19. The number of rotatable bonds is 7. The molecule has 0 atom stereocenters. The van der Waals surface area contributed by atoms with Crippen LogP contribution in [-0.2, 0) is 9.84 Å². The van der Waals surface area contributed by atoms with Gasteiger partial charge >= 0.3 is 0 Å². The van der Waals surface area contributed by atoms with Crippen molar-refractivity contribution >= 4 is 33.5 Å². The molecule has 2 rings (SSSR count). The Morgan fingerprint density at radius 2 is 1.84 bits per heavy atom. The number of hydrogen-bond donors (Lipinski definition) is 1. The first kappa shape index (κ1) is 19.3.